The van der Waals surface area contributed by atoms with E-state index >= 15 is 0 Å². The normalized spacial score (nSPS) is 30.8. The monoisotopic (exact) mass is 275 g/mol. The first-order valence-corrected chi connectivity index (χ1v) is 6.39. The van der Waals surface area contributed by atoms with Crippen LogP contribution in [-0.4, -0.2) is 16.2 Å². The van der Waals surface area contributed by atoms with Gasteiger partial charge in [-0.1, -0.05) is 32.1 Å². The summed E-state index contributed by atoms with van der Waals surface area (Å²) in [5, 5.41) is 12.3. The van der Waals surface area contributed by atoms with Crippen LogP contribution < -0.4 is 5.32 Å². The number of hydrogen-bond acceptors (Lipinski definition) is 4. The van der Waals surface area contributed by atoms with E-state index in [0.717, 1.165) is 15.0 Å². The highest BCUT2D eigenvalue weighted by atomic mass is 79.9. The summed E-state index contributed by atoms with van der Waals surface area (Å²) >= 11 is 4.86. The van der Waals surface area contributed by atoms with Crippen molar-refractivity contribution in [3.05, 3.63) is 3.92 Å². The van der Waals surface area contributed by atoms with Crippen LogP contribution in [0.2, 0.25) is 0 Å². The highest BCUT2D eigenvalue weighted by Gasteiger charge is 2.52. The molecule has 1 heterocycles. The van der Waals surface area contributed by atoms with Crippen LogP contribution in [0.3, 0.4) is 0 Å². The van der Waals surface area contributed by atoms with Gasteiger partial charge in [0.25, 0.3) is 0 Å². The van der Waals surface area contributed by atoms with Gasteiger partial charge in [0.15, 0.2) is 3.92 Å². The third kappa shape index (κ3) is 1.80. The van der Waals surface area contributed by atoms with Crippen molar-refractivity contribution in [2.24, 2.45) is 11.3 Å². The lowest BCUT2D eigenvalue weighted by Crippen LogP contribution is -2.16. The van der Waals surface area contributed by atoms with Crippen LogP contribution in [0.25, 0.3) is 0 Å². The fraction of sp³-hybridized carbons (Fsp3) is 0.778. The first kappa shape index (κ1) is 10.4. The Bertz CT molecular complexity index is 339. The minimum atomic E-state index is 0.443. The van der Waals surface area contributed by atoms with Crippen LogP contribution in [-0.2, 0) is 0 Å². The molecule has 2 rings (SSSR count). The molecule has 0 spiro atoms. The molecule has 0 aromatic carbocycles. The van der Waals surface area contributed by atoms with Crippen LogP contribution in [0.4, 0.5) is 5.13 Å². The van der Waals surface area contributed by atoms with Crippen LogP contribution in [0, 0.1) is 11.3 Å². The van der Waals surface area contributed by atoms with Gasteiger partial charge in [0.2, 0.25) is 5.13 Å². The molecule has 1 aromatic rings. The van der Waals surface area contributed by atoms with Gasteiger partial charge in [0, 0.05) is 6.04 Å². The van der Waals surface area contributed by atoms with E-state index in [4.69, 9.17) is 0 Å². The van der Waals surface area contributed by atoms with Gasteiger partial charge in [0.1, 0.15) is 0 Å². The average Bonchev–Trinajstić information content (AvgIpc) is 2.54. The van der Waals surface area contributed by atoms with Crippen molar-refractivity contribution in [2.45, 2.75) is 33.2 Å². The molecule has 0 amide bonds. The minimum Gasteiger partial charge on any atom is -0.357 e. The molecule has 3 nitrogen and oxygen atoms in total. The Morgan fingerprint density at radius 2 is 2.29 bits per heavy atom. The predicted octanol–water partition coefficient (Wildman–Crippen LogP) is 3.15. The van der Waals surface area contributed by atoms with Gasteiger partial charge in [-0.25, -0.2) is 0 Å². The lowest BCUT2D eigenvalue weighted by Gasteiger charge is -2.15. The molecule has 0 radical (unpaired) electrons. The molecule has 1 fully saturated rings. The Labute approximate surface area is 96.4 Å². The summed E-state index contributed by atoms with van der Waals surface area (Å²) in [5.41, 5.74) is 0.443. The Morgan fingerprint density at radius 3 is 2.71 bits per heavy atom. The molecule has 1 aliphatic rings. The van der Waals surface area contributed by atoms with Gasteiger partial charge in [-0.2, -0.15) is 0 Å². The molecular weight excluding hydrogens is 262 g/mol. The van der Waals surface area contributed by atoms with E-state index in [1.807, 2.05) is 0 Å². The molecule has 1 aliphatic carbocycles. The Morgan fingerprint density at radius 1 is 1.57 bits per heavy atom. The van der Waals surface area contributed by atoms with E-state index in [1.54, 1.807) is 11.3 Å². The maximum absolute atomic E-state index is 4.03. The van der Waals surface area contributed by atoms with E-state index in [1.165, 1.54) is 6.42 Å². The largest absolute Gasteiger partial charge is 0.357 e. The summed E-state index contributed by atoms with van der Waals surface area (Å²) in [4.78, 5) is 0. The molecule has 0 saturated heterocycles. The smallest absolute Gasteiger partial charge is 0.206 e. The van der Waals surface area contributed by atoms with Crippen molar-refractivity contribution in [2.75, 3.05) is 5.32 Å². The highest BCUT2D eigenvalue weighted by Crippen LogP contribution is 2.53. The maximum atomic E-state index is 4.03. The molecule has 78 valence electrons. The Kier molecular flexibility index (Phi) is 2.55. The molecule has 1 saturated carbocycles. The highest BCUT2D eigenvalue weighted by molar-refractivity contribution is 9.11. The predicted molar refractivity (Wildman–Crippen MR) is 62.6 cm³/mol. The number of rotatable bonds is 3. The summed E-state index contributed by atoms with van der Waals surface area (Å²) in [6.45, 7) is 6.88. The summed E-state index contributed by atoms with van der Waals surface area (Å²) in [6.07, 6.45) is 1.24. The number of anilines is 1. The topological polar surface area (TPSA) is 37.8 Å². The first-order chi connectivity index (χ1) is 6.52. The fourth-order valence-corrected chi connectivity index (χ4v) is 2.71. The van der Waals surface area contributed by atoms with Gasteiger partial charge in [-0.05, 0) is 33.7 Å². The summed E-state index contributed by atoms with van der Waals surface area (Å²) in [7, 11) is 0. The number of nitrogens with one attached hydrogen (secondary N) is 1. The van der Waals surface area contributed by atoms with Gasteiger partial charge in [0.05, 0.1) is 0 Å². The van der Waals surface area contributed by atoms with Crippen molar-refractivity contribution < 1.29 is 0 Å². The number of aromatic nitrogens is 2. The van der Waals surface area contributed by atoms with Gasteiger partial charge >= 0.3 is 0 Å². The SMILES string of the molecule is CC(C)C1(C)CC1Nc1nnc(Br)s1. The van der Waals surface area contributed by atoms with Gasteiger partial charge < -0.3 is 5.32 Å². The molecule has 1 N–H and O–H groups in total. The molecule has 1 aromatic heterocycles. The van der Waals surface area contributed by atoms with Crippen LogP contribution in [0.5, 0.6) is 0 Å². The van der Waals surface area contributed by atoms with E-state index in [9.17, 15) is 0 Å². The first-order valence-electron chi connectivity index (χ1n) is 4.78. The third-order valence-electron chi connectivity index (χ3n) is 3.30. The third-order valence-corrected chi connectivity index (χ3v) is 4.58. The summed E-state index contributed by atoms with van der Waals surface area (Å²) in [6, 6.07) is 0.572. The second-order valence-electron chi connectivity index (χ2n) is 4.42. The molecule has 2 atom stereocenters. The van der Waals surface area contributed by atoms with Crippen molar-refractivity contribution in [1.29, 1.82) is 0 Å². The molecule has 0 aliphatic heterocycles. The van der Waals surface area contributed by atoms with E-state index in [2.05, 4.69) is 52.2 Å². The minimum absolute atomic E-state index is 0.443. The van der Waals surface area contributed by atoms with Crippen molar-refractivity contribution in [3.8, 4) is 0 Å². The van der Waals surface area contributed by atoms with Crippen molar-refractivity contribution in [3.63, 3.8) is 0 Å². The molecular formula is C9H14BrN3S. The number of hydrogen-bond donors (Lipinski definition) is 1. The zero-order valence-electron chi connectivity index (χ0n) is 8.54. The summed E-state index contributed by atoms with van der Waals surface area (Å²) < 4.78 is 0.840. The zero-order valence-corrected chi connectivity index (χ0v) is 10.9. The van der Waals surface area contributed by atoms with Crippen molar-refractivity contribution >= 4 is 32.4 Å². The zero-order chi connectivity index (χ0) is 10.3. The van der Waals surface area contributed by atoms with E-state index in [0.29, 0.717) is 11.5 Å². The maximum Gasteiger partial charge on any atom is 0.206 e. The van der Waals surface area contributed by atoms with Crippen molar-refractivity contribution in [1.82, 2.24) is 10.2 Å². The van der Waals surface area contributed by atoms with Crippen LogP contribution >= 0.6 is 27.3 Å². The van der Waals surface area contributed by atoms with Gasteiger partial charge in [-0.3, -0.25) is 0 Å². The summed E-state index contributed by atoms with van der Waals surface area (Å²) in [5.74, 6) is 0.719. The molecule has 2 unspecified atom stereocenters. The molecule has 0 bridgehead atoms. The molecule has 14 heavy (non-hydrogen) atoms. The Hall–Kier alpha value is -0.160. The standard InChI is InChI=1S/C9H14BrN3S/c1-5(2)9(3)4-6(9)11-8-13-12-7(10)14-8/h5-6H,4H2,1-3H3,(H,11,13). The molecule has 5 heteroatoms. The fourth-order valence-electron chi connectivity index (χ4n) is 1.65. The average molecular weight is 276 g/mol. The lowest BCUT2D eigenvalue weighted by atomic mass is 9.94. The second kappa shape index (κ2) is 3.45. The van der Waals surface area contributed by atoms with Crippen LogP contribution in [0.1, 0.15) is 27.2 Å². The lowest BCUT2D eigenvalue weighted by molar-refractivity contribution is 0.388. The number of halogens is 1. The van der Waals surface area contributed by atoms with E-state index < -0.39 is 0 Å². The van der Waals surface area contributed by atoms with Gasteiger partial charge in [-0.15, -0.1) is 10.2 Å². The quantitative estimate of drug-likeness (QED) is 0.921. The van der Waals surface area contributed by atoms with E-state index in [-0.39, 0.29) is 0 Å². The van der Waals surface area contributed by atoms with Crippen LogP contribution in [0.15, 0.2) is 3.92 Å². The number of nitrogens with zero attached hydrogens (tertiary/aromatic N) is 2. The second-order valence-corrected chi connectivity index (χ2v) is 6.68. The Balaban J connectivity index is 1.96.